The number of morpholine rings is 1. The Kier molecular flexibility index (Phi) is 5.50. The summed E-state index contributed by atoms with van der Waals surface area (Å²) in [4.78, 5) is 23.7. The molecule has 2 aromatic carbocycles. The topological polar surface area (TPSA) is 102 Å². The molecule has 29 heavy (non-hydrogen) atoms. The quantitative estimate of drug-likeness (QED) is 0.709. The molecule has 2 heterocycles. The minimum Gasteiger partial charge on any atom is -0.394 e. The van der Waals surface area contributed by atoms with Gasteiger partial charge in [0, 0.05) is 18.3 Å². The Labute approximate surface area is 168 Å². The fourth-order valence-corrected chi connectivity index (χ4v) is 3.68. The highest BCUT2D eigenvalue weighted by atomic mass is 16.5. The molecule has 7 heteroatoms. The van der Waals surface area contributed by atoms with Crippen LogP contribution in [0.2, 0.25) is 0 Å². The number of rotatable bonds is 4. The van der Waals surface area contributed by atoms with Crippen molar-refractivity contribution < 1.29 is 14.6 Å². The predicted octanol–water partition coefficient (Wildman–Crippen LogP) is 2.30. The molecule has 7 nitrogen and oxygen atoms in total. The lowest BCUT2D eigenvalue weighted by atomic mass is 9.97. The molecule has 0 radical (unpaired) electrons. The first-order chi connectivity index (χ1) is 14.2. The molecule has 3 aromatic rings. The van der Waals surface area contributed by atoms with Crippen molar-refractivity contribution in [2.75, 3.05) is 25.5 Å². The Bertz CT molecular complexity index is 982. The summed E-state index contributed by atoms with van der Waals surface area (Å²) in [5.74, 6) is -0.116. The molecule has 3 N–H and O–H groups in total. The lowest BCUT2D eigenvalue weighted by molar-refractivity contribution is -0.0811. The number of nitrogens with zero attached hydrogens (tertiary/aromatic N) is 3. The lowest BCUT2D eigenvalue weighted by Crippen LogP contribution is -2.49. The first-order valence-corrected chi connectivity index (χ1v) is 9.45. The lowest BCUT2D eigenvalue weighted by Gasteiger charge is -2.41. The number of carbonyl (C=O) groups is 1. The number of aromatic nitrogens is 2. The van der Waals surface area contributed by atoms with Gasteiger partial charge < -0.3 is 20.5 Å². The maximum Gasteiger partial charge on any atom is 0.258 e. The van der Waals surface area contributed by atoms with E-state index in [1.807, 2.05) is 60.7 Å². The summed E-state index contributed by atoms with van der Waals surface area (Å²) in [5, 5.41) is 9.86. The van der Waals surface area contributed by atoms with Crippen molar-refractivity contribution in [3.8, 4) is 11.3 Å². The number of hydrogen-bond donors (Lipinski definition) is 2. The van der Waals surface area contributed by atoms with Crippen molar-refractivity contribution in [2.45, 2.75) is 12.1 Å². The van der Waals surface area contributed by atoms with E-state index in [0.717, 1.165) is 11.1 Å². The normalized spacial score (nSPS) is 19.1. The number of amides is 1. The van der Waals surface area contributed by atoms with Crippen molar-refractivity contribution in [1.82, 2.24) is 14.9 Å². The van der Waals surface area contributed by atoms with E-state index in [4.69, 9.17) is 10.5 Å². The number of anilines is 1. The zero-order valence-corrected chi connectivity index (χ0v) is 15.8. The molecule has 4 rings (SSSR count). The van der Waals surface area contributed by atoms with E-state index in [1.54, 1.807) is 4.90 Å². The van der Waals surface area contributed by atoms with Crippen molar-refractivity contribution in [2.24, 2.45) is 0 Å². The molecule has 1 fully saturated rings. The first-order valence-electron chi connectivity index (χ1n) is 9.45. The second-order valence-corrected chi connectivity index (χ2v) is 6.80. The molecule has 1 aromatic heterocycles. The standard InChI is InChI=1S/C22H22N4O3/c23-22-24-13-17(19(25-22)15-7-3-1-4-8-15)21(28)26-11-12-29-18(14-27)20(26)16-9-5-2-6-10-16/h1-10,13,18,20,27H,11-12,14H2,(H2,23,24,25)/t18-,20-/m0/s1. The second-order valence-electron chi connectivity index (χ2n) is 6.80. The van der Waals surface area contributed by atoms with Gasteiger partial charge in [-0.05, 0) is 5.56 Å². The highest BCUT2D eigenvalue weighted by Gasteiger charge is 2.37. The summed E-state index contributed by atoms with van der Waals surface area (Å²) in [6.45, 7) is 0.553. The minimum absolute atomic E-state index is 0.107. The van der Waals surface area contributed by atoms with Crippen LogP contribution in [0.4, 0.5) is 5.95 Å². The van der Waals surface area contributed by atoms with Crippen molar-refractivity contribution in [1.29, 1.82) is 0 Å². The first kappa shape index (κ1) is 19.0. The maximum absolute atomic E-state index is 13.6. The number of ether oxygens (including phenoxy) is 1. The Morgan fingerprint density at radius 2 is 1.83 bits per heavy atom. The van der Waals surface area contributed by atoms with Crippen LogP contribution in [0.15, 0.2) is 66.9 Å². The Morgan fingerprint density at radius 1 is 1.14 bits per heavy atom. The summed E-state index contributed by atoms with van der Waals surface area (Å²) in [7, 11) is 0. The molecular weight excluding hydrogens is 368 g/mol. The van der Waals surface area contributed by atoms with Gasteiger partial charge in [0.2, 0.25) is 5.95 Å². The van der Waals surface area contributed by atoms with E-state index in [1.165, 1.54) is 6.20 Å². The number of hydrogen-bond acceptors (Lipinski definition) is 6. The average Bonchev–Trinajstić information content (AvgIpc) is 2.79. The highest BCUT2D eigenvalue weighted by Crippen LogP contribution is 2.32. The van der Waals surface area contributed by atoms with Gasteiger partial charge in [-0.3, -0.25) is 4.79 Å². The third kappa shape index (κ3) is 3.83. The molecule has 0 bridgehead atoms. The average molecular weight is 390 g/mol. The van der Waals surface area contributed by atoms with Crippen molar-refractivity contribution in [3.63, 3.8) is 0 Å². The summed E-state index contributed by atoms with van der Waals surface area (Å²) < 4.78 is 5.75. The summed E-state index contributed by atoms with van der Waals surface area (Å²) in [6, 6.07) is 18.6. The molecule has 1 aliphatic heterocycles. The van der Waals surface area contributed by atoms with E-state index in [0.29, 0.717) is 24.4 Å². The van der Waals surface area contributed by atoms with E-state index in [-0.39, 0.29) is 18.5 Å². The monoisotopic (exact) mass is 390 g/mol. The molecule has 1 saturated heterocycles. The number of aliphatic hydroxyl groups is 1. The molecule has 2 atom stereocenters. The molecule has 0 spiro atoms. The number of carbonyl (C=O) groups excluding carboxylic acids is 1. The number of nitrogen functional groups attached to an aromatic ring is 1. The number of aliphatic hydroxyl groups excluding tert-OH is 1. The van der Waals surface area contributed by atoms with Gasteiger partial charge in [-0.2, -0.15) is 0 Å². The van der Waals surface area contributed by atoms with Gasteiger partial charge in [0.1, 0.15) is 6.10 Å². The van der Waals surface area contributed by atoms with Crippen LogP contribution < -0.4 is 5.73 Å². The van der Waals surface area contributed by atoms with Gasteiger partial charge in [-0.25, -0.2) is 9.97 Å². The van der Waals surface area contributed by atoms with Gasteiger partial charge in [0.05, 0.1) is 30.5 Å². The number of nitrogens with two attached hydrogens (primary N) is 1. The maximum atomic E-state index is 13.6. The van der Waals surface area contributed by atoms with E-state index >= 15 is 0 Å². The molecular formula is C22H22N4O3. The van der Waals surface area contributed by atoms with Crippen molar-refractivity contribution in [3.05, 3.63) is 78.0 Å². The van der Waals surface area contributed by atoms with Crippen LogP contribution in [0.25, 0.3) is 11.3 Å². The van der Waals surface area contributed by atoms with Crippen LogP contribution in [0.3, 0.4) is 0 Å². The predicted molar refractivity (Wildman–Crippen MR) is 109 cm³/mol. The van der Waals surface area contributed by atoms with E-state index < -0.39 is 12.1 Å². The smallest absolute Gasteiger partial charge is 0.258 e. The van der Waals surface area contributed by atoms with Crippen LogP contribution in [0.5, 0.6) is 0 Å². The molecule has 0 saturated carbocycles. The molecule has 148 valence electrons. The van der Waals surface area contributed by atoms with Crippen LogP contribution >= 0.6 is 0 Å². The SMILES string of the molecule is Nc1ncc(C(=O)N2CCO[C@@H](CO)[C@@H]2c2ccccc2)c(-c2ccccc2)n1. The van der Waals surface area contributed by atoms with Gasteiger partial charge in [0.25, 0.3) is 5.91 Å². The molecule has 1 aliphatic rings. The minimum atomic E-state index is -0.509. The molecule has 0 aliphatic carbocycles. The fourth-order valence-electron chi connectivity index (χ4n) is 3.68. The van der Waals surface area contributed by atoms with Gasteiger partial charge in [-0.15, -0.1) is 0 Å². The van der Waals surface area contributed by atoms with E-state index in [9.17, 15) is 9.90 Å². The highest BCUT2D eigenvalue weighted by molar-refractivity contribution is 6.00. The largest absolute Gasteiger partial charge is 0.394 e. The zero-order chi connectivity index (χ0) is 20.2. The summed E-state index contributed by atoms with van der Waals surface area (Å²) >= 11 is 0. The zero-order valence-electron chi connectivity index (χ0n) is 15.8. The molecule has 1 amide bonds. The second kappa shape index (κ2) is 8.38. The fraction of sp³-hybridized carbons (Fsp3) is 0.227. The van der Waals surface area contributed by atoms with Gasteiger partial charge in [0.15, 0.2) is 0 Å². The van der Waals surface area contributed by atoms with Crippen LogP contribution in [0, 0.1) is 0 Å². The molecule has 0 unspecified atom stereocenters. The third-order valence-corrected chi connectivity index (χ3v) is 5.02. The summed E-state index contributed by atoms with van der Waals surface area (Å²) in [6.07, 6.45) is 0.961. The van der Waals surface area contributed by atoms with Crippen LogP contribution in [0.1, 0.15) is 22.0 Å². The van der Waals surface area contributed by atoms with Crippen LogP contribution in [-0.4, -0.2) is 51.7 Å². The van der Waals surface area contributed by atoms with Gasteiger partial charge >= 0.3 is 0 Å². The third-order valence-electron chi connectivity index (χ3n) is 5.02. The Hall–Kier alpha value is -3.29. The van der Waals surface area contributed by atoms with Gasteiger partial charge in [-0.1, -0.05) is 60.7 Å². The van der Waals surface area contributed by atoms with Crippen molar-refractivity contribution >= 4 is 11.9 Å². The number of benzene rings is 2. The Balaban J connectivity index is 1.77. The Morgan fingerprint density at radius 3 is 2.52 bits per heavy atom. The van der Waals surface area contributed by atoms with E-state index in [2.05, 4.69) is 9.97 Å². The van der Waals surface area contributed by atoms with Crippen LogP contribution in [-0.2, 0) is 4.74 Å². The summed E-state index contributed by atoms with van der Waals surface area (Å²) in [5.41, 5.74) is 8.34.